The number of nitrogens with one attached hydrogen (secondary N) is 2. The molecule has 1 rings (SSSR count). The predicted octanol–water partition coefficient (Wildman–Crippen LogP) is 1.00. The van der Waals surface area contributed by atoms with Gasteiger partial charge in [-0.2, -0.15) is 0 Å². The normalized spacial score (nSPS) is 11.3. The minimum atomic E-state index is -3.76. The molecule has 0 radical (unpaired) electrons. The molecule has 0 aliphatic heterocycles. The smallest absolute Gasteiger partial charge is 0.240 e. The maximum Gasteiger partial charge on any atom is 0.240 e. The largest absolute Gasteiger partial charge is 0.355 e. The van der Waals surface area contributed by atoms with Crippen LogP contribution in [-0.4, -0.2) is 27.4 Å². The fourth-order valence-corrected chi connectivity index (χ4v) is 2.44. The summed E-state index contributed by atoms with van der Waals surface area (Å²) in [5.41, 5.74) is 0. The van der Waals surface area contributed by atoms with E-state index >= 15 is 0 Å². The van der Waals surface area contributed by atoms with Crippen molar-refractivity contribution in [2.75, 3.05) is 13.1 Å². The molecular weight excluding hydrogens is 327 g/mol. The predicted molar refractivity (Wildman–Crippen MR) is 68.0 cm³/mol. The Balaban J connectivity index is 2.68. The monoisotopic (exact) mass is 338 g/mol. The highest BCUT2D eigenvalue weighted by Gasteiger charge is 2.15. The maximum atomic E-state index is 13.2. The van der Waals surface area contributed by atoms with E-state index in [9.17, 15) is 17.6 Å². The average molecular weight is 339 g/mol. The SMILES string of the molecule is CC(=O)NCCNS(=O)(=O)c1ccc(Br)c(F)c1. The average Bonchev–Trinajstić information content (AvgIpc) is 2.28. The molecule has 0 aliphatic carbocycles. The van der Waals surface area contributed by atoms with Gasteiger partial charge in [-0.3, -0.25) is 4.79 Å². The van der Waals surface area contributed by atoms with Crippen molar-refractivity contribution in [2.24, 2.45) is 0 Å². The summed E-state index contributed by atoms with van der Waals surface area (Å²) in [5.74, 6) is -0.899. The van der Waals surface area contributed by atoms with Crippen LogP contribution in [0.3, 0.4) is 0 Å². The first-order chi connectivity index (χ1) is 8.33. The Morgan fingerprint density at radius 2 is 2.06 bits per heavy atom. The van der Waals surface area contributed by atoms with Crippen molar-refractivity contribution in [1.82, 2.24) is 10.0 Å². The molecule has 18 heavy (non-hydrogen) atoms. The molecule has 8 heteroatoms. The van der Waals surface area contributed by atoms with E-state index in [4.69, 9.17) is 0 Å². The highest BCUT2D eigenvalue weighted by Crippen LogP contribution is 2.18. The number of carbonyl (C=O) groups excluding carboxylic acids is 1. The summed E-state index contributed by atoms with van der Waals surface area (Å²) in [7, 11) is -3.76. The summed E-state index contributed by atoms with van der Waals surface area (Å²) < 4.78 is 39.1. The molecule has 0 heterocycles. The molecule has 0 spiro atoms. The molecule has 1 aromatic rings. The van der Waals surface area contributed by atoms with Crippen molar-refractivity contribution in [1.29, 1.82) is 0 Å². The first-order valence-corrected chi connectivity index (χ1v) is 7.29. The molecule has 0 bridgehead atoms. The van der Waals surface area contributed by atoms with Crippen molar-refractivity contribution in [2.45, 2.75) is 11.8 Å². The van der Waals surface area contributed by atoms with Gasteiger partial charge in [0.05, 0.1) is 9.37 Å². The van der Waals surface area contributed by atoms with Crippen molar-refractivity contribution >= 4 is 31.9 Å². The van der Waals surface area contributed by atoms with Gasteiger partial charge in [0.1, 0.15) is 5.82 Å². The zero-order valence-corrected chi connectivity index (χ0v) is 11.9. The lowest BCUT2D eigenvalue weighted by Crippen LogP contribution is -2.33. The summed E-state index contributed by atoms with van der Waals surface area (Å²) in [6.45, 7) is 1.55. The summed E-state index contributed by atoms with van der Waals surface area (Å²) in [4.78, 5) is 10.4. The van der Waals surface area contributed by atoms with Crippen LogP contribution in [0, 0.1) is 5.82 Å². The van der Waals surface area contributed by atoms with Gasteiger partial charge in [-0.1, -0.05) is 0 Å². The molecular formula is C10H12BrFN2O3S. The summed E-state index contributed by atoms with van der Waals surface area (Å²) in [6, 6.07) is 3.52. The Kier molecular flexibility index (Phi) is 5.24. The standard InChI is InChI=1S/C10H12BrFN2O3S/c1-7(15)13-4-5-14-18(16,17)8-2-3-9(11)10(12)6-8/h2-3,6,14H,4-5H2,1H3,(H,13,15). The van der Waals surface area contributed by atoms with Gasteiger partial charge in [0, 0.05) is 20.0 Å². The van der Waals surface area contributed by atoms with Gasteiger partial charge in [0.2, 0.25) is 15.9 Å². The van der Waals surface area contributed by atoms with Gasteiger partial charge in [0.15, 0.2) is 0 Å². The molecule has 0 saturated carbocycles. The van der Waals surface area contributed by atoms with Crippen LogP contribution in [0.1, 0.15) is 6.92 Å². The lowest BCUT2D eigenvalue weighted by Gasteiger charge is -2.07. The van der Waals surface area contributed by atoms with Gasteiger partial charge < -0.3 is 5.32 Å². The van der Waals surface area contributed by atoms with E-state index in [-0.39, 0.29) is 28.4 Å². The van der Waals surface area contributed by atoms with Crippen LogP contribution in [0.2, 0.25) is 0 Å². The zero-order valence-electron chi connectivity index (χ0n) is 9.54. The lowest BCUT2D eigenvalue weighted by molar-refractivity contribution is -0.118. The van der Waals surface area contributed by atoms with Gasteiger partial charge in [-0.15, -0.1) is 0 Å². The Morgan fingerprint density at radius 3 is 2.61 bits per heavy atom. The molecule has 2 N–H and O–H groups in total. The quantitative estimate of drug-likeness (QED) is 0.786. The molecule has 0 aliphatic rings. The highest BCUT2D eigenvalue weighted by atomic mass is 79.9. The number of rotatable bonds is 5. The Morgan fingerprint density at radius 1 is 1.39 bits per heavy atom. The second kappa shape index (κ2) is 6.26. The van der Waals surface area contributed by atoms with Crippen LogP contribution in [-0.2, 0) is 14.8 Å². The van der Waals surface area contributed by atoms with E-state index in [1.165, 1.54) is 19.1 Å². The molecule has 0 unspecified atom stereocenters. The number of sulfonamides is 1. The lowest BCUT2D eigenvalue weighted by atomic mass is 10.3. The highest BCUT2D eigenvalue weighted by molar-refractivity contribution is 9.10. The van der Waals surface area contributed by atoms with E-state index in [0.29, 0.717) is 0 Å². The first kappa shape index (κ1) is 15.1. The number of benzene rings is 1. The van der Waals surface area contributed by atoms with E-state index in [1.807, 2.05) is 0 Å². The number of hydrogen-bond donors (Lipinski definition) is 2. The van der Waals surface area contributed by atoms with Gasteiger partial charge in [0.25, 0.3) is 0 Å². The van der Waals surface area contributed by atoms with Crippen LogP contribution in [0.4, 0.5) is 4.39 Å². The minimum absolute atomic E-state index is 0.0413. The fraction of sp³-hybridized carbons (Fsp3) is 0.300. The summed E-state index contributed by atoms with van der Waals surface area (Å²) >= 11 is 2.94. The Bertz CT molecular complexity index is 548. The number of halogens is 2. The van der Waals surface area contributed by atoms with Crippen molar-refractivity contribution in [3.05, 3.63) is 28.5 Å². The van der Waals surface area contributed by atoms with Crippen molar-refractivity contribution < 1.29 is 17.6 Å². The molecule has 100 valence electrons. The first-order valence-electron chi connectivity index (χ1n) is 5.02. The maximum absolute atomic E-state index is 13.2. The van der Waals surface area contributed by atoms with Gasteiger partial charge in [-0.05, 0) is 34.1 Å². The summed E-state index contributed by atoms with van der Waals surface area (Å²) in [6.07, 6.45) is 0. The second-order valence-corrected chi connectivity index (χ2v) is 6.08. The third kappa shape index (κ3) is 4.35. The van der Waals surface area contributed by atoms with Crippen LogP contribution in [0.15, 0.2) is 27.6 Å². The second-order valence-electron chi connectivity index (χ2n) is 3.46. The van der Waals surface area contributed by atoms with Crippen molar-refractivity contribution in [3.8, 4) is 0 Å². The van der Waals surface area contributed by atoms with Crippen LogP contribution in [0.25, 0.3) is 0 Å². The Labute approximate surface area is 113 Å². The van der Waals surface area contributed by atoms with E-state index < -0.39 is 15.8 Å². The van der Waals surface area contributed by atoms with Gasteiger partial charge >= 0.3 is 0 Å². The molecule has 1 amide bonds. The van der Waals surface area contributed by atoms with Crippen LogP contribution < -0.4 is 10.0 Å². The van der Waals surface area contributed by atoms with E-state index in [0.717, 1.165) is 6.07 Å². The summed E-state index contributed by atoms with van der Waals surface area (Å²) in [5, 5.41) is 2.44. The minimum Gasteiger partial charge on any atom is -0.355 e. The van der Waals surface area contributed by atoms with E-state index in [1.54, 1.807) is 0 Å². The number of carbonyl (C=O) groups is 1. The van der Waals surface area contributed by atoms with E-state index in [2.05, 4.69) is 26.0 Å². The van der Waals surface area contributed by atoms with Gasteiger partial charge in [-0.25, -0.2) is 17.5 Å². The molecule has 0 saturated heterocycles. The molecule has 5 nitrogen and oxygen atoms in total. The molecule has 1 aromatic carbocycles. The third-order valence-electron chi connectivity index (χ3n) is 1.99. The number of hydrogen-bond acceptors (Lipinski definition) is 3. The van der Waals surface area contributed by atoms with Crippen molar-refractivity contribution in [3.63, 3.8) is 0 Å². The van der Waals surface area contributed by atoms with Crippen LogP contribution in [0.5, 0.6) is 0 Å². The third-order valence-corrected chi connectivity index (χ3v) is 4.09. The number of amides is 1. The fourth-order valence-electron chi connectivity index (χ4n) is 1.15. The molecule has 0 aromatic heterocycles. The molecule has 0 fully saturated rings. The zero-order chi connectivity index (χ0) is 13.8. The Hall–Kier alpha value is -0.990. The van der Waals surface area contributed by atoms with Crippen LogP contribution >= 0.6 is 15.9 Å². The topological polar surface area (TPSA) is 75.3 Å². The molecule has 0 atom stereocenters.